The normalized spacial score (nSPS) is 11.7. The summed E-state index contributed by atoms with van der Waals surface area (Å²) in [6.45, 7) is 1.89. The van der Waals surface area contributed by atoms with Gasteiger partial charge in [0.25, 0.3) is 5.91 Å². The van der Waals surface area contributed by atoms with Crippen LogP contribution in [-0.2, 0) is 4.79 Å². The molecule has 0 spiro atoms. The fourth-order valence-electron chi connectivity index (χ4n) is 2.27. The maximum atomic E-state index is 12.4. The number of para-hydroxylation sites is 1. The molecule has 0 aliphatic heterocycles. The third kappa shape index (κ3) is 4.42. The maximum Gasteiger partial charge on any atom is 0.260 e. The molecule has 0 aromatic heterocycles. The molecule has 4 nitrogen and oxygen atoms in total. The number of likely N-dealkylation sites (N-methyl/N-ethyl adjacent to an activating group) is 1. The molecule has 0 aliphatic carbocycles. The Morgan fingerprint density at radius 3 is 2.62 bits per heavy atom. The third-order valence-corrected chi connectivity index (χ3v) is 4.66. The van der Waals surface area contributed by atoms with Crippen molar-refractivity contribution in [2.75, 3.05) is 20.8 Å². The lowest BCUT2D eigenvalue weighted by Gasteiger charge is -2.26. The van der Waals surface area contributed by atoms with Gasteiger partial charge >= 0.3 is 0 Å². The Kier molecular flexibility index (Phi) is 6.52. The zero-order valence-electron chi connectivity index (χ0n) is 13.8. The van der Waals surface area contributed by atoms with Gasteiger partial charge in [0.15, 0.2) is 6.61 Å². The highest BCUT2D eigenvalue weighted by Crippen LogP contribution is 2.29. The van der Waals surface area contributed by atoms with Crippen molar-refractivity contribution >= 4 is 33.4 Å². The number of benzene rings is 2. The van der Waals surface area contributed by atoms with E-state index >= 15 is 0 Å². The monoisotopic (exact) mass is 411 g/mol. The molecular formula is C18H19BrClNO3. The van der Waals surface area contributed by atoms with E-state index in [1.54, 1.807) is 37.3 Å². The number of amides is 1. The largest absolute Gasteiger partial charge is 0.496 e. The lowest BCUT2D eigenvalue weighted by atomic mass is 10.1. The van der Waals surface area contributed by atoms with Crippen LogP contribution in [0, 0.1) is 0 Å². The number of hydrogen-bond donors (Lipinski definition) is 0. The lowest BCUT2D eigenvalue weighted by molar-refractivity contribution is -0.134. The molecule has 0 unspecified atom stereocenters. The Morgan fingerprint density at radius 2 is 1.96 bits per heavy atom. The first kappa shape index (κ1) is 18.6. The van der Waals surface area contributed by atoms with E-state index in [9.17, 15) is 4.79 Å². The quantitative estimate of drug-likeness (QED) is 0.690. The maximum absolute atomic E-state index is 12.4. The van der Waals surface area contributed by atoms with Crippen molar-refractivity contribution in [2.24, 2.45) is 0 Å². The van der Waals surface area contributed by atoms with Gasteiger partial charge in [0.05, 0.1) is 17.6 Å². The molecule has 0 aliphatic rings. The van der Waals surface area contributed by atoms with Gasteiger partial charge < -0.3 is 14.4 Å². The van der Waals surface area contributed by atoms with Crippen molar-refractivity contribution < 1.29 is 14.3 Å². The molecule has 2 aromatic carbocycles. The molecule has 0 saturated heterocycles. The van der Waals surface area contributed by atoms with Gasteiger partial charge in [-0.15, -0.1) is 0 Å². The van der Waals surface area contributed by atoms with E-state index in [4.69, 9.17) is 21.1 Å². The SMILES string of the molecule is COc1ccccc1[C@@H](C)N(C)C(=O)COc1ccc(Cl)cc1Br. The smallest absolute Gasteiger partial charge is 0.260 e. The Labute approximate surface area is 155 Å². The summed E-state index contributed by atoms with van der Waals surface area (Å²) in [5, 5.41) is 0.600. The van der Waals surface area contributed by atoms with Crippen LogP contribution in [0.4, 0.5) is 0 Å². The number of carbonyl (C=O) groups is 1. The third-order valence-electron chi connectivity index (χ3n) is 3.81. The molecule has 0 bridgehead atoms. The minimum Gasteiger partial charge on any atom is -0.496 e. The van der Waals surface area contributed by atoms with E-state index in [1.165, 1.54) is 0 Å². The molecule has 0 saturated carbocycles. The van der Waals surface area contributed by atoms with Gasteiger partial charge in [-0.05, 0) is 47.1 Å². The fourth-order valence-corrected chi connectivity index (χ4v) is 3.07. The summed E-state index contributed by atoms with van der Waals surface area (Å²) in [4.78, 5) is 14.1. The molecule has 2 aromatic rings. The molecule has 0 heterocycles. The molecule has 128 valence electrons. The number of methoxy groups -OCH3 is 1. The molecule has 6 heteroatoms. The first-order valence-electron chi connectivity index (χ1n) is 7.40. The lowest BCUT2D eigenvalue weighted by Crippen LogP contribution is -2.33. The van der Waals surface area contributed by atoms with Crippen LogP contribution in [0.3, 0.4) is 0 Å². The average Bonchev–Trinajstić information content (AvgIpc) is 2.59. The highest BCUT2D eigenvalue weighted by Gasteiger charge is 2.20. The summed E-state index contributed by atoms with van der Waals surface area (Å²) >= 11 is 9.26. The molecule has 1 amide bonds. The van der Waals surface area contributed by atoms with E-state index in [-0.39, 0.29) is 18.6 Å². The standard InChI is InChI=1S/C18H19BrClNO3/c1-12(14-6-4-5-7-16(14)23-3)21(2)18(22)11-24-17-9-8-13(20)10-15(17)19/h4-10,12H,11H2,1-3H3/t12-/m1/s1. The van der Waals surface area contributed by atoms with Crippen molar-refractivity contribution in [2.45, 2.75) is 13.0 Å². The van der Waals surface area contributed by atoms with Crippen LogP contribution in [-0.4, -0.2) is 31.6 Å². The first-order chi connectivity index (χ1) is 11.4. The van der Waals surface area contributed by atoms with E-state index in [0.29, 0.717) is 15.2 Å². The molecule has 2 rings (SSSR count). The number of carbonyl (C=O) groups excluding carboxylic acids is 1. The highest BCUT2D eigenvalue weighted by molar-refractivity contribution is 9.10. The molecular weight excluding hydrogens is 394 g/mol. The molecule has 24 heavy (non-hydrogen) atoms. The minimum atomic E-state index is -0.133. The summed E-state index contributed by atoms with van der Waals surface area (Å²) in [6.07, 6.45) is 0. The van der Waals surface area contributed by atoms with Crippen molar-refractivity contribution in [1.29, 1.82) is 0 Å². The second-order valence-electron chi connectivity index (χ2n) is 5.29. The molecule has 1 atom stereocenters. The number of ether oxygens (including phenoxy) is 2. The average molecular weight is 413 g/mol. The first-order valence-corrected chi connectivity index (χ1v) is 8.57. The Bertz CT molecular complexity index is 723. The zero-order valence-corrected chi connectivity index (χ0v) is 16.1. The summed E-state index contributed by atoms with van der Waals surface area (Å²) in [5.74, 6) is 1.20. The molecule has 0 N–H and O–H groups in total. The van der Waals surface area contributed by atoms with Crippen molar-refractivity contribution in [1.82, 2.24) is 4.90 Å². The van der Waals surface area contributed by atoms with Crippen molar-refractivity contribution in [3.05, 3.63) is 57.5 Å². The number of hydrogen-bond acceptors (Lipinski definition) is 3. The van der Waals surface area contributed by atoms with Crippen LogP contribution in [0.5, 0.6) is 11.5 Å². The van der Waals surface area contributed by atoms with Crippen LogP contribution >= 0.6 is 27.5 Å². The minimum absolute atomic E-state index is 0.0593. The van der Waals surface area contributed by atoms with E-state index in [2.05, 4.69) is 15.9 Å². The second-order valence-corrected chi connectivity index (χ2v) is 6.58. The predicted molar refractivity (Wildman–Crippen MR) is 98.8 cm³/mol. The van der Waals surface area contributed by atoms with E-state index in [0.717, 1.165) is 11.3 Å². The van der Waals surface area contributed by atoms with Crippen molar-refractivity contribution in [3.8, 4) is 11.5 Å². The topological polar surface area (TPSA) is 38.8 Å². The van der Waals surface area contributed by atoms with Crippen molar-refractivity contribution in [3.63, 3.8) is 0 Å². The van der Waals surface area contributed by atoms with Crippen LogP contribution in [0.2, 0.25) is 5.02 Å². The van der Waals surface area contributed by atoms with Gasteiger partial charge in [0, 0.05) is 17.6 Å². The highest BCUT2D eigenvalue weighted by atomic mass is 79.9. The summed E-state index contributed by atoms with van der Waals surface area (Å²) < 4.78 is 11.7. The van der Waals surface area contributed by atoms with Gasteiger partial charge in [0.1, 0.15) is 11.5 Å². The van der Waals surface area contributed by atoms with Gasteiger partial charge in [-0.1, -0.05) is 29.8 Å². The van der Waals surface area contributed by atoms with Crippen LogP contribution in [0.15, 0.2) is 46.9 Å². The number of nitrogens with zero attached hydrogens (tertiary/aromatic N) is 1. The van der Waals surface area contributed by atoms with E-state index in [1.807, 2.05) is 31.2 Å². The predicted octanol–water partition coefficient (Wildman–Crippen LogP) is 4.71. The van der Waals surface area contributed by atoms with Gasteiger partial charge in [0.2, 0.25) is 0 Å². The Balaban J connectivity index is 2.03. The van der Waals surface area contributed by atoms with Gasteiger partial charge in [-0.3, -0.25) is 4.79 Å². The Hall–Kier alpha value is -1.72. The summed E-state index contributed by atoms with van der Waals surface area (Å²) in [6, 6.07) is 12.7. The van der Waals surface area contributed by atoms with Crippen LogP contribution in [0.25, 0.3) is 0 Å². The van der Waals surface area contributed by atoms with Crippen LogP contribution in [0.1, 0.15) is 18.5 Å². The van der Waals surface area contributed by atoms with Gasteiger partial charge in [-0.2, -0.15) is 0 Å². The zero-order chi connectivity index (χ0) is 17.7. The van der Waals surface area contributed by atoms with Crippen LogP contribution < -0.4 is 9.47 Å². The van der Waals surface area contributed by atoms with Gasteiger partial charge in [-0.25, -0.2) is 0 Å². The Morgan fingerprint density at radius 1 is 1.25 bits per heavy atom. The number of rotatable bonds is 6. The summed E-state index contributed by atoms with van der Waals surface area (Å²) in [5.41, 5.74) is 0.948. The molecule has 0 radical (unpaired) electrons. The molecule has 0 fully saturated rings. The number of halogens is 2. The second kappa shape index (κ2) is 8.40. The fraction of sp³-hybridized carbons (Fsp3) is 0.278. The summed E-state index contributed by atoms with van der Waals surface area (Å²) in [7, 11) is 3.37. The van der Waals surface area contributed by atoms with E-state index < -0.39 is 0 Å².